The first-order chi connectivity index (χ1) is 14.5. The molecule has 0 saturated carbocycles. The van der Waals surface area contributed by atoms with Gasteiger partial charge in [0.05, 0.1) is 30.2 Å². The van der Waals surface area contributed by atoms with Crippen molar-refractivity contribution in [2.45, 2.75) is 64.7 Å². The molecule has 162 valence electrons. The molecular formula is C24H34N4O2. The van der Waals surface area contributed by atoms with Gasteiger partial charge in [-0.15, -0.1) is 0 Å². The molecule has 4 heterocycles. The number of piperidine rings is 3. The van der Waals surface area contributed by atoms with Crippen molar-refractivity contribution in [3.63, 3.8) is 0 Å². The zero-order valence-corrected chi connectivity index (χ0v) is 18.2. The predicted molar refractivity (Wildman–Crippen MR) is 117 cm³/mol. The summed E-state index contributed by atoms with van der Waals surface area (Å²) in [6, 6.07) is 8.72. The zero-order valence-electron chi connectivity index (χ0n) is 18.2. The minimum Gasteiger partial charge on any atom is -0.394 e. The van der Waals surface area contributed by atoms with Crippen LogP contribution in [0.2, 0.25) is 0 Å². The highest BCUT2D eigenvalue weighted by molar-refractivity contribution is 5.78. The smallest absolute Gasteiger partial charge is 0.223 e. The average molecular weight is 411 g/mol. The molecule has 6 heteroatoms. The van der Waals surface area contributed by atoms with Crippen molar-refractivity contribution in [3.8, 4) is 0 Å². The van der Waals surface area contributed by atoms with E-state index in [0.717, 1.165) is 56.8 Å². The van der Waals surface area contributed by atoms with Gasteiger partial charge < -0.3 is 14.6 Å². The molecule has 3 fully saturated rings. The van der Waals surface area contributed by atoms with Crippen molar-refractivity contribution in [1.82, 2.24) is 19.4 Å². The monoisotopic (exact) mass is 410 g/mol. The SMILES string of the molecule is CC(C)Cn1c(CN2C[C@H]3C[C@@H](C2)[C@H](CO)N2C(=O)CCC[C@@H]32)nc2ccccc21. The molecule has 3 aliphatic rings. The summed E-state index contributed by atoms with van der Waals surface area (Å²) in [4.78, 5) is 22.2. The van der Waals surface area contributed by atoms with Crippen LogP contribution in [-0.2, 0) is 17.9 Å². The maximum atomic E-state index is 12.6. The summed E-state index contributed by atoms with van der Waals surface area (Å²) in [5, 5.41) is 10.1. The molecule has 0 unspecified atom stereocenters. The average Bonchev–Trinajstić information content (AvgIpc) is 3.05. The number of benzene rings is 1. The van der Waals surface area contributed by atoms with Gasteiger partial charge in [0.25, 0.3) is 0 Å². The highest BCUT2D eigenvalue weighted by Crippen LogP contribution is 2.41. The first kappa shape index (κ1) is 20.0. The maximum Gasteiger partial charge on any atom is 0.223 e. The topological polar surface area (TPSA) is 61.6 Å². The summed E-state index contributed by atoms with van der Waals surface area (Å²) < 4.78 is 2.39. The fourth-order valence-corrected chi connectivity index (χ4v) is 6.25. The summed E-state index contributed by atoms with van der Waals surface area (Å²) in [5.41, 5.74) is 2.29. The summed E-state index contributed by atoms with van der Waals surface area (Å²) >= 11 is 0. The van der Waals surface area contributed by atoms with E-state index in [2.05, 4.69) is 52.5 Å². The van der Waals surface area contributed by atoms with Crippen LogP contribution in [0.4, 0.5) is 0 Å². The lowest BCUT2D eigenvalue weighted by Crippen LogP contribution is -2.65. The molecule has 3 saturated heterocycles. The van der Waals surface area contributed by atoms with Gasteiger partial charge in [-0.1, -0.05) is 26.0 Å². The van der Waals surface area contributed by atoms with Crippen molar-refractivity contribution in [2.24, 2.45) is 17.8 Å². The van der Waals surface area contributed by atoms with Gasteiger partial charge >= 0.3 is 0 Å². The molecule has 4 atom stereocenters. The van der Waals surface area contributed by atoms with E-state index < -0.39 is 0 Å². The number of hydrogen-bond acceptors (Lipinski definition) is 4. The molecule has 3 aliphatic heterocycles. The maximum absolute atomic E-state index is 12.6. The molecule has 1 amide bonds. The summed E-state index contributed by atoms with van der Waals surface area (Å²) in [6.07, 6.45) is 3.86. The number of likely N-dealkylation sites (tertiary alicyclic amines) is 1. The Hall–Kier alpha value is -1.92. The molecule has 1 aromatic carbocycles. The second kappa shape index (κ2) is 7.97. The lowest BCUT2D eigenvalue weighted by Gasteiger charge is -2.56. The third-order valence-electron chi connectivity index (χ3n) is 7.41. The standard InChI is InChI=1S/C24H34N4O2/c1-16(2)11-27-21-7-4-3-6-19(21)25-23(27)14-26-12-17-10-18(13-26)22(15-29)28-20(17)8-5-9-24(28)30/h3-4,6-7,16-18,20,22,29H,5,8-15H2,1-2H3/t17-,18+,20+,22+/m1/s1. The quantitative estimate of drug-likeness (QED) is 0.823. The third-order valence-corrected chi connectivity index (χ3v) is 7.41. The number of imidazole rings is 1. The highest BCUT2D eigenvalue weighted by Gasteiger charge is 2.49. The number of hydrogen-bond donors (Lipinski definition) is 1. The number of aromatic nitrogens is 2. The van der Waals surface area contributed by atoms with Crippen LogP contribution in [0.25, 0.3) is 11.0 Å². The zero-order chi connectivity index (χ0) is 20.8. The van der Waals surface area contributed by atoms with E-state index in [1.807, 2.05) is 0 Å². The van der Waals surface area contributed by atoms with E-state index >= 15 is 0 Å². The van der Waals surface area contributed by atoms with Gasteiger partial charge in [-0.3, -0.25) is 9.69 Å². The molecule has 1 N–H and O–H groups in total. The van der Waals surface area contributed by atoms with Crippen LogP contribution in [0.3, 0.4) is 0 Å². The van der Waals surface area contributed by atoms with Gasteiger partial charge in [0.1, 0.15) is 5.82 Å². The number of amides is 1. The lowest BCUT2D eigenvalue weighted by molar-refractivity contribution is -0.155. The normalized spacial score (nSPS) is 29.6. The van der Waals surface area contributed by atoms with Crippen LogP contribution < -0.4 is 0 Å². The van der Waals surface area contributed by atoms with E-state index in [1.54, 1.807) is 0 Å². The number of nitrogens with zero attached hydrogens (tertiary/aromatic N) is 4. The Bertz CT molecular complexity index is 909. The first-order valence-electron chi connectivity index (χ1n) is 11.6. The molecule has 6 nitrogen and oxygen atoms in total. The molecule has 0 spiro atoms. The largest absolute Gasteiger partial charge is 0.394 e. The Morgan fingerprint density at radius 3 is 2.80 bits per heavy atom. The number of fused-ring (bicyclic) bond motifs is 5. The Labute approximate surface area is 178 Å². The number of aliphatic hydroxyl groups is 1. The summed E-state index contributed by atoms with van der Waals surface area (Å²) in [7, 11) is 0. The van der Waals surface area contributed by atoms with Crippen LogP contribution in [-0.4, -0.2) is 62.1 Å². The van der Waals surface area contributed by atoms with Crippen LogP contribution in [0.15, 0.2) is 24.3 Å². The molecule has 0 radical (unpaired) electrons. The van der Waals surface area contributed by atoms with E-state index in [-0.39, 0.29) is 18.6 Å². The van der Waals surface area contributed by atoms with Crippen molar-refractivity contribution < 1.29 is 9.90 Å². The number of carbonyl (C=O) groups is 1. The Morgan fingerprint density at radius 1 is 1.20 bits per heavy atom. The molecule has 30 heavy (non-hydrogen) atoms. The van der Waals surface area contributed by atoms with Crippen molar-refractivity contribution in [2.75, 3.05) is 19.7 Å². The van der Waals surface area contributed by atoms with E-state index in [4.69, 9.17) is 4.98 Å². The lowest BCUT2D eigenvalue weighted by atomic mass is 9.72. The van der Waals surface area contributed by atoms with E-state index in [0.29, 0.717) is 30.2 Å². The molecule has 2 bridgehead atoms. The number of rotatable bonds is 5. The summed E-state index contributed by atoms with van der Waals surface area (Å²) in [5.74, 6) is 2.82. The Kier molecular flexibility index (Phi) is 5.31. The molecule has 0 aliphatic carbocycles. The second-order valence-electron chi connectivity index (χ2n) is 9.98. The minimum atomic E-state index is -0.0173. The fourth-order valence-electron chi connectivity index (χ4n) is 6.25. The third kappa shape index (κ3) is 3.44. The van der Waals surface area contributed by atoms with Crippen molar-refractivity contribution in [1.29, 1.82) is 0 Å². The molecule has 2 aromatic rings. The van der Waals surface area contributed by atoms with Gasteiger partial charge in [0.15, 0.2) is 0 Å². The molecule has 5 rings (SSSR count). The first-order valence-corrected chi connectivity index (χ1v) is 11.6. The van der Waals surface area contributed by atoms with Crippen molar-refractivity contribution >= 4 is 16.9 Å². The Morgan fingerprint density at radius 2 is 2.00 bits per heavy atom. The minimum absolute atomic E-state index is 0.0173. The summed E-state index contributed by atoms with van der Waals surface area (Å²) in [6.45, 7) is 8.36. The fraction of sp³-hybridized carbons (Fsp3) is 0.667. The van der Waals surface area contributed by atoms with Gasteiger partial charge in [0, 0.05) is 32.1 Å². The van der Waals surface area contributed by atoms with Gasteiger partial charge in [-0.2, -0.15) is 0 Å². The van der Waals surface area contributed by atoms with Crippen LogP contribution in [0.1, 0.15) is 45.4 Å². The Balaban J connectivity index is 1.41. The second-order valence-corrected chi connectivity index (χ2v) is 9.98. The van der Waals surface area contributed by atoms with E-state index in [9.17, 15) is 9.90 Å². The van der Waals surface area contributed by atoms with Crippen LogP contribution >= 0.6 is 0 Å². The number of para-hydroxylation sites is 2. The van der Waals surface area contributed by atoms with Gasteiger partial charge in [0.2, 0.25) is 5.91 Å². The van der Waals surface area contributed by atoms with Gasteiger partial charge in [-0.25, -0.2) is 4.98 Å². The molecule has 1 aromatic heterocycles. The van der Waals surface area contributed by atoms with E-state index in [1.165, 1.54) is 5.52 Å². The number of aliphatic hydroxyl groups excluding tert-OH is 1. The van der Waals surface area contributed by atoms with Crippen molar-refractivity contribution in [3.05, 3.63) is 30.1 Å². The highest BCUT2D eigenvalue weighted by atomic mass is 16.3. The molecular weight excluding hydrogens is 376 g/mol. The van der Waals surface area contributed by atoms with Gasteiger partial charge in [-0.05, 0) is 49.1 Å². The number of carbonyl (C=O) groups excluding carboxylic acids is 1. The van der Waals surface area contributed by atoms with Crippen LogP contribution in [0.5, 0.6) is 0 Å². The predicted octanol–water partition coefficient (Wildman–Crippen LogP) is 2.89. The van der Waals surface area contributed by atoms with Crippen LogP contribution in [0, 0.1) is 17.8 Å².